The molecule has 156 valence electrons. The van der Waals surface area contributed by atoms with Crippen LogP contribution in [-0.2, 0) is 6.18 Å². The molecule has 4 rings (SSSR count). The second-order valence-corrected chi connectivity index (χ2v) is 7.17. The van der Waals surface area contributed by atoms with Crippen LogP contribution in [0.25, 0.3) is 5.69 Å². The van der Waals surface area contributed by atoms with Gasteiger partial charge in [-0.3, -0.25) is 9.78 Å². The van der Waals surface area contributed by atoms with Crippen LogP contribution in [0.5, 0.6) is 0 Å². The summed E-state index contributed by atoms with van der Waals surface area (Å²) in [5, 5.41) is 3.83. The normalized spacial score (nSPS) is 14.8. The Bertz CT molecular complexity index is 1050. The number of halogens is 4. The molecule has 1 amide bonds. The average Bonchev–Trinajstić information content (AvgIpc) is 3.20. The van der Waals surface area contributed by atoms with Crippen LogP contribution in [0.3, 0.4) is 0 Å². The Morgan fingerprint density at radius 1 is 1.00 bits per heavy atom. The van der Waals surface area contributed by atoms with E-state index in [4.69, 9.17) is 11.6 Å². The first-order chi connectivity index (χ1) is 14.3. The number of benzene rings is 1. The fourth-order valence-corrected chi connectivity index (χ4v) is 3.58. The van der Waals surface area contributed by atoms with Gasteiger partial charge in [0.25, 0.3) is 5.91 Å². The lowest BCUT2D eigenvalue weighted by atomic mass is 10.2. The average molecular weight is 436 g/mol. The van der Waals surface area contributed by atoms with Gasteiger partial charge in [-0.05, 0) is 24.3 Å². The molecule has 30 heavy (non-hydrogen) atoms. The third-order valence-corrected chi connectivity index (χ3v) is 5.21. The van der Waals surface area contributed by atoms with Gasteiger partial charge in [0, 0.05) is 50.3 Å². The fourth-order valence-electron chi connectivity index (χ4n) is 3.36. The summed E-state index contributed by atoms with van der Waals surface area (Å²) in [6.45, 7) is 1.86. The molecule has 3 heterocycles. The first-order valence-corrected chi connectivity index (χ1v) is 9.59. The second-order valence-electron chi connectivity index (χ2n) is 6.76. The number of amides is 1. The highest BCUT2D eigenvalue weighted by atomic mass is 35.5. The molecule has 0 spiro atoms. The predicted octanol–water partition coefficient (Wildman–Crippen LogP) is 3.90. The van der Waals surface area contributed by atoms with E-state index in [1.54, 1.807) is 24.5 Å². The van der Waals surface area contributed by atoms with E-state index < -0.39 is 17.8 Å². The van der Waals surface area contributed by atoms with Crippen LogP contribution >= 0.6 is 11.6 Å². The van der Waals surface area contributed by atoms with Gasteiger partial charge in [-0.1, -0.05) is 23.7 Å². The molecule has 1 aromatic carbocycles. The summed E-state index contributed by atoms with van der Waals surface area (Å²) in [5.74, 6) is -0.521. The largest absolute Gasteiger partial charge is 0.435 e. The Morgan fingerprint density at radius 3 is 2.30 bits per heavy atom. The standard InChI is InChI=1S/C20H17ClF3N5O/c21-15-3-1-2-4-16(15)29-17(13-18(26-29)20(22,23)24)19(30)28-11-9-27(10-12-28)14-5-7-25-8-6-14/h1-8,13H,9-12H2. The van der Waals surface area contributed by atoms with E-state index in [0.29, 0.717) is 26.2 Å². The molecule has 1 fully saturated rings. The molecule has 0 atom stereocenters. The van der Waals surface area contributed by atoms with Gasteiger partial charge < -0.3 is 9.80 Å². The Hall–Kier alpha value is -3.07. The van der Waals surface area contributed by atoms with E-state index in [1.807, 2.05) is 12.1 Å². The molecule has 0 N–H and O–H groups in total. The van der Waals surface area contributed by atoms with Gasteiger partial charge >= 0.3 is 6.18 Å². The zero-order valence-corrected chi connectivity index (χ0v) is 16.4. The number of rotatable bonds is 3. The molecule has 1 aliphatic heterocycles. The van der Waals surface area contributed by atoms with Crippen LogP contribution in [0, 0.1) is 0 Å². The fraction of sp³-hybridized carbons (Fsp3) is 0.250. The third-order valence-electron chi connectivity index (χ3n) is 4.89. The minimum Gasteiger partial charge on any atom is -0.368 e. The van der Waals surface area contributed by atoms with Crippen molar-refractivity contribution in [2.75, 3.05) is 31.1 Å². The number of piperazine rings is 1. The highest BCUT2D eigenvalue weighted by Crippen LogP contribution is 2.31. The lowest BCUT2D eigenvalue weighted by Gasteiger charge is -2.36. The van der Waals surface area contributed by atoms with E-state index in [2.05, 4.69) is 15.0 Å². The van der Waals surface area contributed by atoms with E-state index in [-0.39, 0.29) is 16.4 Å². The summed E-state index contributed by atoms with van der Waals surface area (Å²) >= 11 is 6.15. The summed E-state index contributed by atoms with van der Waals surface area (Å²) in [6.07, 6.45) is -1.30. The maximum absolute atomic E-state index is 13.3. The van der Waals surface area contributed by atoms with Gasteiger partial charge in [0.1, 0.15) is 5.69 Å². The molecular formula is C20H17ClF3N5O. The monoisotopic (exact) mass is 435 g/mol. The lowest BCUT2D eigenvalue weighted by Crippen LogP contribution is -2.49. The lowest BCUT2D eigenvalue weighted by molar-refractivity contribution is -0.141. The Morgan fingerprint density at radius 2 is 1.67 bits per heavy atom. The number of hydrogen-bond donors (Lipinski definition) is 0. The maximum atomic E-state index is 13.3. The maximum Gasteiger partial charge on any atom is 0.435 e. The molecule has 0 saturated carbocycles. The summed E-state index contributed by atoms with van der Waals surface area (Å²) in [6, 6.07) is 10.9. The number of aromatic nitrogens is 3. The number of anilines is 1. The van der Waals surface area contributed by atoms with Crippen molar-refractivity contribution in [1.82, 2.24) is 19.7 Å². The molecule has 0 aliphatic carbocycles. The third kappa shape index (κ3) is 3.97. The Kier molecular flexibility index (Phi) is 5.38. The molecule has 0 bridgehead atoms. The molecular weight excluding hydrogens is 419 g/mol. The summed E-state index contributed by atoms with van der Waals surface area (Å²) in [7, 11) is 0. The first-order valence-electron chi connectivity index (χ1n) is 9.21. The van der Waals surface area contributed by atoms with Crippen molar-refractivity contribution in [3.63, 3.8) is 0 Å². The van der Waals surface area contributed by atoms with Crippen molar-refractivity contribution in [3.8, 4) is 5.69 Å². The zero-order chi connectivity index (χ0) is 21.3. The zero-order valence-electron chi connectivity index (χ0n) is 15.7. The predicted molar refractivity (Wildman–Crippen MR) is 106 cm³/mol. The minimum atomic E-state index is -4.68. The number of carbonyl (C=O) groups excluding carboxylic acids is 1. The molecule has 0 radical (unpaired) electrons. The SMILES string of the molecule is O=C(c1cc(C(F)(F)F)nn1-c1ccccc1Cl)N1CCN(c2ccncc2)CC1. The minimum absolute atomic E-state index is 0.173. The molecule has 3 aromatic rings. The van der Waals surface area contributed by atoms with Crippen molar-refractivity contribution in [1.29, 1.82) is 0 Å². The molecule has 2 aromatic heterocycles. The van der Waals surface area contributed by atoms with Crippen LogP contribution in [0.1, 0.15) is 16.2 Å². The van der Waals surface area contributed by atoms with Crippen molar-refractivity contribution >= 4 is 23.2 Å². The van der Waals surface area contributed by atoms with Gasteiger partial charge in [0.2, 0.25) is 0 Å². The smallest absolute Gasteiger partial charge is 0.368 e. The van der Waals surface area contributed by atoms with Crippen LogP contribution < -0.4 is 4.90 Å². The van der Waals surface area contributed by atoms with Crippen LogP contribution in [0.4, 0.5) is 18.9 Å². The van der Waals surface area contributed by atoms with Crippen molar-refractivity contribution in [2.45, 2.75) is 6.18 Å². The topological polar surface area (TPSA) is 54.3 Å². The van der Waals surface area contributed by atoms with E-state index in [0.717, 1.165) is 16.4 Å². The van der Waals surface area contributed by atoms with Gasteiger partial charge in [-0.25, -0.2) is 4.68 Å². The Balaban J connectivity index is 1.61. The summed E-state index contributed by atoms with van der Waals surface area (Å²) < 4.78 is 40.9. The van der Waals surface area contributed by atoms with E-state index in [9.17, 15) is 18.0 Å². The number of para-hydroxylation sites is 1. The molecule has 1 saturated heterocycles. The highest BCUT2D eigenvalue weighted by Gasteiger charge is 2.37. The van der Waals surface area contributed by atoms with E-state index >= 15 is 0 Å². The number of nitrogens with zero attached hydrogens (tertiary/aromatic N) is 5. The van der Waals surface area contributed by atoms with Crippen molar-refractivity contribution in [2.24, 2.45) is 0 Å². The number of pyridine rings is 1. The van der Waals surface area contributed by atoms with Gasteiger partial charge in [0.15, 0.2) is 5.69 Å². The summed E-state index contributed by atoms with van der Waals surface area (Å²) in [5.41, 5.74) is -0.111. The van der Waals surface area contributed by atoms with E-state index in [1.165, 1.54) is 17.0 Å². The highest BCUT2D eigenvalue weighted by molar-refractivity contribution is 6.32. The van der Waals surface area contributed by atoms with Gasteiger partial charge in [-0.2, -0.15) is 18.3 Å². The van der Waals surface area contributed by atoms with Crippen molar-refractivity contribution in [3.05, 3.63) is 71.3 Å². The number of hydrogen-bond acceptors (Lipinski definition) is 4. The first kappa shape index (κ1) is 20.2. The van der Waals surface area contributed by atoms with Gasteiger partial charge in [-0.15, -0.1) is 0 Å². The molecule has 1 aliphatic rings. The van der Waals surface area contributed by atoms with Crippen LogP contribution in [0.15, 0.2) is 54.9 Å². The Labute approximate surface area is 175 Å². The van der Waals surface area contributed by atoms with Crippen molar-refractivity contribution < 1.29 is 18.0 Å². The number of alkyl halides is 3. The second kappa shape index (κ2) is 7.98. The quantitative estimate of drug-likeness (QED) is 0.626. The molecule has 10 heteroatoms. The molecule has 6 nitrogen and oxygen atoms in total. The molecule has 0 unspecified atom stereocenters. The number of carbonyl (C=O) groups is 1. The summed E-state index contributed by atoms with van der Waals surface area (Å²) in [4.78, 5) is 20.7. The van der Waals surface area contributed by atoms with Gasteiger partial charge in [0.05, 0.1) is 10.7 Å². The van der Waals surface area contributed by atoms with Crippen LogP contribution in [-0.4, -0.2) is 51.8 Å². The van der Waals surface area contributed by atoms with Crippen LogP contribution in [0.2, 0.25) is 5.02 Å².